The van der Waals surface area contributed by atoms with Gasteiger partial charge in [0.05, 0.1) is 7.11 Å². The first kappa shape index (κ1) is 19.3. The molecule has 0 spiro atoms. The first-order valence-corrected chi connectivity index (χ1v) is 8.23. The maximum Gasteiger partial charge on any atom is 0.344 e. The van der Waals surface area contributed by atoms with Crippen molar-refractivity contribution in [1.29, 1.82) is 0 Å². The summed E-state index contributed by atoms with van der Waals surface area (Å²) in [5.74, 6) is 0.291. The van der Waals surface area contributed by atoms with Gasteiger partial charge in [0.25, 0.3) is 5.91 Å². The number of para-hydroxylation sites is 1. The molecule has 0 saturated carbocycles. The average molecular weight is 357 g/mol. The van der Waals surface area contributed by atoms with Gasteiger partial charge in [-0.1, -0.05) is 24.3 Å². The van der Waals surface area contributed by atoms with Crippen LogP contribution < -0.4 is 14.8 Å². The molecule has 2 aromatic rings. The Morgan fingerprint density at radius 2 is 1.69 bits per heavy atom. The Balaban J connectivity index is 1.72. The number of rotatable bonds is 8. The highest BCUT2D eigenvalue weighted by Crippen LogP contribution is 2.17. The number of aryl methyl sites for hydroxylation is 2. The van der Waals surface area contributed by atoms with Crippen LogP contribution in [0.1, 0.15) is 16.7 Å². The average Bonchev–Trinajstić information content (AvgIpc) is 2.62. The Hall–Kier alpha value is -3.02. The summed E-state index contributed by atoms with van der Waals surface area (Å²) in [5.41, 5.74) is 2.93. The number of benzene rings is 2. The number of esters is 1. The summed E-state index contributed by atoms with van der Waals surface area (Å²) in [6.45, 7) is 3.58. The molecule has 0 bridgehead atoms. The zero-order chi connectivity index (χ0) is 18.9. The summed E-state index contributed by atoms with van der Waals surface area (Å²) in [7, 11) is 1.57. The van der Waals surface area contributed by atoms with Crippen molar-refractivity contribution in [3.8, 4) is 11.5 Å². The third kappa shape index (κ3) is 6.12. The summed E-state index contributed by atoms with van der Waals surface area (Å²) in [4.78, 5) is 23.5. The minimum absolute atomic E-state index is 0.247. The fourth-order valence-corrected chi connectivity index (χ4v) is 2.44. The van der Waals surface area contributed by atoms with Crippen LogP contribution in [0.5, 0.6) is 11.5 Å². The molecule has 0 aliphatic carbocycles. The molecular formula is C20H23NO5. The van der Waals surface area contributed by atoms with Gasteiger partial charge in [-0.3, -0.25) is 4.79 Å². The lowest BCUT2D eigenvalue weighted by Crippen LogP contribution is -2.29. The molecule has 0 atom stereocenters. The molecule has 0 radical (unpaired) electrons. The van der Waals surface area contributed by atoms with Crippen LogP contribution in [-0.4, -0.2) is 32.2 Å². The SMILES string of the molecule is COc1ccccc1CNC(=O)COC(=O)COc1cc(C)cc(C)c1. The predicted molar refractivity (Wildman–Crippen MR) is 97.2 cm³/mol. The van der Waals surface area contributed by atoms with E-state index in [4.69, 9.17) is 14.2 Å². The van der Waals surface area contributed by atoms with E-state index < -0.39 is 11.9 Å². The van der Waals surface area contributed by atoms with Crippen molar-refractivity contribution in [2.45, 2.75) is 20.4 Å². The minimum atomic E-state index is -0.600. The van der Waals surface area contributed by atoms with E-state index in [9.17, 15) is 9.59 Å². The van der Waals surface area contributed by atoms with Crippen molar-refractivity contribution < 1.29 is 23.8 Å². The van der Waals surface area contributed by atoms with Crippen LogP contribution in [-0.2, 0) is 20.9 Å². The minimum Gasteiger partial charge on any atom is -0.496 e. The van der Waals surface area contributed by atoms with Crippen molar-refractivity contribution in [2.24, 2.45) is 0 Å². The number of ether oxygens (including phenoxy) is 3. The molecule has 0 aromatic heterocycles. The number of nitrogens with one attached hydrogen (secondary N) is 1. The van der Waals surface area contributed by atoms with Gasteiger partial charge in [0.15, 0.2) is 13.2 Å². The number of hydrogen-bond donors (Lipinski definition) is 1. The molecule has 2 aromatic carbocycles. The number of hydrogen-bond acceptors (Lipinski definition) is 5. The largest absolute Gasteiger partial charge is 0.496 e. The fourth-order valence-electron chi connectivity index (χ4n) is 2.44. The Kier molecular flexibility index (Phi) is 7.02. The molecule has 0 fully saturated rings. The second-order valence-corrected chi connectivity index (χ2v) is 5.86. The van der Waals surface area contributed by atoms with Gasteiger partial charge >= 0.3 is 5.97 Å². The molecule has 6 nitrogen and oxygen atoms in total. The summed E-state index contributed by atoms with van der Waals surface area (Å²) >= 11 is 0. The molecule has 0 unspecified atom stereocenters. The third-order valence-electron chi connectivity index (χ3n) is 3.58. The zero-order valence-electron chi connectivity index (χ0n) is 15.2. The van der Waals surface area contributed by atoms with E-state index in [1.165, 1.54) is 0 Å². The normalized spacial score (nSPS) is 10.1. The van der Waals surface area contributed by atoms with Gasteiger partial charge in [-0.05, 0) is 43.2 Å². The van der Waals surface area contributed by atoms with Gasteiger partial charge in [0.2, 0.25) is 0 Å². The Bertz CT molecular complexity index is 752. The highest BCUT2D eigenvalue weighted by atomic mass is 16.6. The van der Waals surface area contributed by atoms with Gasteiger partial charge in [-0.2, -0.15) is 0 Å². The Morgan fingerprint density at radius 3 is 2.38 bits per heavy atom. The standard InChI is InChI=1S/C20H23NO5/c1-14-8-15(2)10-17(9-14)25-13-20(23)26-12-19(22)21-11-16-6-4-5-7-18(16)24-3/h4-10H,11-13H2,1-3H3,(H,21,22). The topological polar surface area (TPSA) is 73.9 Å². The van der Waals surface area contributed by atoms with E-state index in [0.29, 0.717) is 18.0 Å². The molecule has 1 N–H and O–H groups in total. The van der Waals surface area contributed by atoms with Crippen LogP contribution in [0, 0.1) is 13.8 Å². The molecular weight excluding hydrogens is 334 g/mol. The first-order chi connectivity index (χ1) is 12.5. The second-order valence-electron chi connectivity index (χ2n) is 5.86. The highest BCUT2D eigenvalue weighted by molar-refractivity contribution is 5.80. The number of carbonyl (C=O) groups is 2. The molecule has 26 heavy (non-hydrogen) atoms. The third-order valence-corrected chi connectivity index (χ3v) is 3.58. The molecule has 1 amide bonds. The second kappa shape index (κ2) is 9.46. The zero-order valence-corrected chi connectivity index (χ0v) is 15.2. The Morgan fingerprint density at radius 1 is 1.00 bits per heavy atom. The van der Waals surface area contributed by atoms with E-state index in [1.807, 2.05) is 56.3 Å². The fraction of sp³-hybridized carbons (Fsp3) is 0.300. The lowest BCUT2D eigenvalue weighted by atomic mass is 10.1. The monoisotopic (exact) mass is 357 g/mol. The summed E-state index contributed by atoms with van der Waals surface area (Å²) < 4.78 is 15.5. The van der Waals surface area contributed by atoms with Crippen molar-refractivity contribution in [1.82, 2.24) is 5.32 Å². The molecule has 0 saturated heterocycles. The van der Waals surface area contributed by atoms with Crippen molar-refractivity contribution in [3.63, 3.8) is 0 Å². The van der Waals surface area contributed by atoms with Gasteiger partial charge in [0, 0.05) is 12.1 Å². The maximum absolute atomic E-state index is 11.8. The maximum atomic E-state index is 11.8. The number of carbonyl (C=O) groups excluding carboxylic acids is 2. The number of methoxy groups -OCH3 is 1. The van der Waals surface area contributed by atoms with Gasteiger partial charge in [-0.25, -0.2) is 4.79 Å². The van der Waals surface area contributed by atoms with Crippen molar-refractivity contribution in [3.05, 3.63) is 59.2 Å². The van der Waals surface area contributed by atoms with E-state index in [-0.39, 0.29) is 13.2 Å². The lowest BCUT2D eigenvalue weighted by Gasteiger charge is -2.10. The number of amides is 1. The summed E-state index contributed by atoms with van der Waals surface area (Å²) in [6.07, 6.45) is 0. The lowest BCUT2D eigenvalue weighted by molar-refractivity contribution is -0.150. The van der Waals surface area contributed by atoms with E-state index >= 15 is 0 Å². The van der Waals surface area contributed by atoms with E-state index in [2.05, 4.69) is 5.32 Å². The predicted octanol–water partition coefficient (Wildman–Crippen LogP) is 2.55. The smallest absolute Gasteiger partial charge is 0.344 e. The van der Waals surface area contributed by atoms with Crippen LogP contribution in [0.15, 0.2) is 42.5 Å². The summed E-state index contributed by atoms with van der Waals surface area (Å²) in [6, 6.07) is 13.0. The van der Waals surface area contributed by atoms with Gasteiger partial charge < -0.3 is 19.5 Å². The van der Waals surface area contributed by atoms with Crippen LogP contribution in [0.2, 0.25) is 0 Å². The van der Waals surface area contributed by atoms with E-state index in [0.717, 1.165) is 16.7 Å². The van der Waals surface area contributed by atoms with Gasteiger partial charge in [0.1, 0.15) is 11.5 Å². The molecule has 0 aliphatic rings. The highest BCUT2D eigenvalue weighted by Gasteiger charge is 2.10. The first-order valence-electron chi connectivity index (χ1n) is 8.23. The molecule has 0 aliphatic heterocycles. The molecule has 6 heteroatoms. The quantitative estimate of drug-likeness (QED) is 0.735. The van der Waals surface area contributed by atoms with Crippen LogP contribution >= 0.6 is 0 Å². The summed E-state index contributed by atoms with van der Waals surface area (Å²) in [5, 5.41) is 2.68. The molecule has 138 valence electrons. The van der Waals surface area contributed by atoms with Gasteiger partial charge in [-0.15, -0.1) is 0 Å². The van der Waals surface area contributed by atoms with Crippen LogP contribution in [0.4, 0.5) is 0 Å². The molecule has 2 rings (SSSR count). The molecule has 0 heterocycles. The van der Waals surface area contributed by atoms with E-state index in [1.54, 1.807) is 7.11 Å². The van der Waals surface area contributed by atoms with Crippen LogP contribution in [0.25, 0.3) is 0 Å². The van der Waals surface area contributed by atoms with Crippen molar-refractivity contribution in [2.75, 3.05) is 20.3 Å². The van der Waals surface area contributed by atoms with Crippen molar-refractivity contribution >= 4 is 11.9 Å². The van der Waals surface area contributed by atoms with Crippen LogP contribution in [0.3, 0.4) is 0 Å². The Labute approximate surface area is 153 Å².